The first-order valence-corrected chi connectivity index (χ1v) is 6.28. The monoisotopic (exact) mass is 261 g/mol. The van der Waals surface area contributed by atoms with Crippen LogP contribution >= 0.6 is 0 Å². The van der Waals surface area contributed by atoms with E-state index in [0.29, 0.717) is 5.69 Å². The van der Waals surface area contributed by atoms with Crippen LogP contribution in [-0.2, 0) is 7.05 Å². The Morgan fingerprint density at radius 3 is 2.47 bits per heavy atom. The van der Waals surface area contributed by atoms with E-state index in [0.717, 1.165) is 27.8 Å². The molecule has 4 heteroatoms. The molecular formula is C15H19NO3. The van der Waals surface area contributed by atoms with E-state index in [1.54, 1.807) is 18.7 Å². The van der Waals surface area contributed by atoms with Crippen molar-refractivity contribution < 1.29 is 14.6 Å². The van der Waals surface area contributed by atoms with Crippen molar-refractivity contribution in [3.63, 3.8) is 0 Å². The summed E-state index contributed by atoms with van der Waals surface area (Å²) in [6.07, 6.45) is 0. The normalized spacial score (nSPS) is 11.3. The van der Waals surface area contributed by atoms with E-state index in [4.69, 9.17) is 4.74 Å². The summed E-state index contributed by atoms with van der Waals surface area (Å²) in [5, 5.41) is 10.4. The maximum absolute atomic E-state index is 11.5. The summed E-state index contributed by atoms with van der Waals surface area (Å²) in [5.74, 6) is 0.0107. The lowest BCUT2D eigenvalue weighted by Crippen LogP contribution is -2.08. The second-order valence-electron chi connectivity index (χ2n) is 5.12. The number of carbonyl (C=O) groups is 1. The first-order chi connectivity index (χ1) is 8.88. The summed E-state index contributed by atoms with van der Waals surface area (Å²) < 4.78 is 7.06. The third-order valence-electron chi connectivity index (χ3n) is 3.51. The second kappa shape index (κ2) is 4.61. The predicted molar refractivity (Wildman–Crippen MR) is 75.3 cm³/mol. The number of rotatable bonds is 3. The Morgan fingerprint density at radius 2 is 2.00 bits per heavy atom. The number of aromatic nitrogens is 1. The molecule has 2 rings (SSSR count). The van der Waals surface area contributed by atoms with E-state index in [2.05, 4.69) is 0 Å². The van der Waals surface area contributed by atoms with Gasteiger partial charge < -0.3 is 14.4 Å². The Morgan fingerprint density at radius 1 is 1.37 bits per heavy atom. The SMILES string of the molecule is COc1cc(C)c2c(c1)c(C(C)C)c(C(=O)O)n2C. The number of methoxy groups -OCH3 is 1. The van der Waals surface area contributed by atoms with E-state index < -0.39 is 5.97 Å². The molecule has 0 radical (unpaired) electrons. The van der Waals surface area contributed by atoms with Gasteiger partial charge in [0, 0.05) is 12.4 Å². The van der Waals surface area contributed by atoms with Gasteiger partial charge in [0.2, 0.25) is 0 Å². The molecule has 4 nitrogen and oxygen atoms in total. The number of fused-ring (bicyclic) bond motifs is 1. The van der Waals surface area contributed by atoms with Crippen LogP contribution in [0.4, 0.5) is 0 Å². The molecule has 1 heterocycles. The highest BCUT2D eigenvalue weighted by Crippen LogP contribution is 2.35. The van der Waals surface area contributed by atoms with Gasteiger partial charge in [0.05, 0.1) is 12.6 Å². The smallest absolute Gasteiger partial charge is 0.352 e. The first kappa shape index (κ1) is 13.5. The van der Waals surface area contributed by atoms with E-state index in [1.165, 1.54) is 0 Å². The molecule has 2 aromatic rings. The van der Waals surface area contributed by atoms with Gasteiger partial charge in [0.25, 0.3) is 0 Å². The van der Waals surface area contributed by atoms with Gasteiger partial charge in [-0.25, -0.2) is 4.79 Å². The third kappa shape index (κ3) is 1.97. The fraction of sp³-hybridized carbons (Fsp3) is 0.400. The van der Waals surface area contributed by atoms with Gasteiger partial charge in [0.15, 0.2) is 0 Å². The summed E-state index contributed by atoms with van der Waals surface area (Å²) in [6.45, 7) is 5.99. The Hall–Kier alpha value is -1.97. The minimum atomic E-state index is -0.888. The Bertz CT molecular complexity index is 653. The summed E-state index contributed by atoms with van der Waals surface area (Å²) in [4.78, 5) is 11.5. The predicted octanol–water partition coefficient (Wildman–Crippen LogP) is 3.32. The fourth-order valence-corrected chi connectivity index (χ4v) is 2.78. The summed E-state index contributed by atoms with van der Waals surface area (Å²) in [5.41, 5.74) is 3.21. The van der Waals surface area contributed by atoms with Crippen molar-refractivity contribution in [3.8, 4) is 5.75 Å². The van der Waals surface area contributed by atoms with Crippen LogP contribution in [0.3, 0.4) is 0 Å². The molecule has 0 amide bonds. The number of hydrogen-bond acceptors (Lipinski definition) is 2. The first-order valence-electron chi connectivity index (χ1n) is 6.28. The van der Waals surface area contributed by atoms with Crippen LogP contribution in [0.1, 0.15) is 41.4 Å². The van der Waals surface area contributed by atoms with E-state index in [-0.39, 0.29) is 5.92 Å². The van der Waals surface area contributed by atoms with Gasteiger partial charge in [-0.1, -0.05) is 13.8 Å². The molecule has 0 saturated carbocycles. The van der Waals surface area contributed by atoms with Crippen LogP contribution in [0, 0.1) is 6.92 Å². The van der Waals surface area contributed by atoms with E-state index in [9.17, 15) is 9.90 Å². The van der Waals surface area contributed by atoms with Crippen LogP contribution < -0.4 is 4.74 Å². The van der Waals surface area contributed by atoms with E-state index >= 15 is 0 Å². The average Bonchev–Trinajstić information content (AvgIpc) is 2.62. The molecule has 0 fully saturated rings. The zero-order valence-electron chi connectivity index (χ0n) is 11.9. The largest absolute Gasteiger partial charge is 0.497 e. The molecule has 102 valence electrons. The Balaban J connectivity index is 2.97. The molecule has 0 saturated heterocycles. The van der Waals surface area contributed by atoms with Gasteiger partial charge >= 0.3 is 5.97 Å². The van der Waals surface area contributed by atoms with Gasteiger partial charge in [-0.05, 0) is 36.1 Å². The van der Waals surface area contributed by atoms with Crippen molar-refractivity contribution in [1.82, 2.24) is 4.57 Å². The highest BCUT2D eigenvalue weighted by molar-refractivity contribution is 6.00. The number of carboxylic acids is 1. The van der Waals surface area contributed by atoms with Crippen LogP contribution in [0.2, 0.25) is 0 Å². The molecule has 0 aliphatic carbocycles. The average molecular weight is 261 g/mol. The van der Waals surface area contributed by atoms with E-state index in [1.807, 2.05) is 32.9 Å². The zero-order chi connectivity index (χ0) is 14.3. The van der Waals surface area contributed by atoms with Crippen LogP contribution in [0.15, 0.2) is 12.1 Å². The minimum Gasteiger partial charge on any atom is -0.497 e. The number of aryl methyl sites for hydroxylation is 2. The van der Waals surface area contributed by atoms with Crippen LogP contribution in [0.5, 0.6) is 5.75 Å². The number of hydrogen-bond donors (Lipinski definition) is 1. The van der Waals surface area contributed by atoms with Crippen molar-refractivity contribution >= 4 is 16.9 Å². The molecule has 0 aliphatic rings. The molecule has 19 heavy (non-hydrogen) atoms. The summed E-state index contributed by atoms with van der Waals surface area (Å²) >= 11 is 0. The lowest BCUT2D eigenvalue weighted by molar-refractivity contribution is 0.0685. The number of ether oxygens (including phenoxy) is 1. The number of aromatic carboxylic acids is 1. The zero-order valence-corrected chi connectivity index (χ0v) is 11.9. The Labute approximate surface area is 112 Å². The van der Waals surface area contributed by atoms with Crippen molar-refractivity contribution in [2.24, 2.45) is 7.05 Å². The standard InChI is InChI=1S/C15H19NO3/c1-8(2)12-11-7-10(19-5)6-9(3)13(11)16(4)14(12)15(17)18/h6-8H,1-5H3,(H,17,18). The molecule has 0 atom stereocenters. The van der Waals surface area contributed by atoms with Crippen molar-refractivity contribution in [2.75, 3.05) is 7.11 Å². The summed E-state index contributed by atoms with van der Waals surface area (Å²) in [7, 11) is 3.42. The molecule has 1 N–H and O–H groups in total. The lowest BCUT2D eigenvalue weighted by Gasteiger charge is -2.07. The van der Waals surface area contributed by atoms with Crippen molar-refractivity contribution in [3.05, 3.63) is 29.0 Å². The number of nitrogens with zero attached hydrogens (tertiary/aromatic N) is 1. The second-order valence-corrected chi connectivity index (χ2v) is 5.12. The van der Waals surface area contributed by atoms with Crippen molar-refractivity contribution in [1.29, 1.82) is 0 Å². The molecule has 0 spiro atoms. The van der Waals surface area contributed by atoms with Gasteiger partial charge in [-0.2, -0.15) is 0 Å². The topological polar surface area (TPSA) is 51.5 Å². The maximum Gasteiger partial charge on any atom is 0.352 e. The number of benzene rings is 1. The quantitative estimate of drug-likeness (QED) is 0.922. The van der Waals surface area contributed by atoms with Crippen molar-refractivity contribution in [2.45, 2.75) is 26.7 Å². The lowest BCUT2D eigenvalue weighted by atomic mass is 9.98. The highest BCUT2D eigenvalue weighted by Gasteiger charge is 2.23. The third-order valence-corrected chi connectivity index (χ3v) is 3.51. The maximum atomic E-state index is 11.5. The van der Waals surface area contributed by atoms with Crippen LogP contribution in [-0.4, -0.2) is 22.8 Å². The van der Waals surface area contributed by atoms with Gasteiger partial charge in [-0.3, -0.25) is 0 Å². The molecule has 1 aromatic carbocycles. The van der Waals surface area contributed by atoms with Gasteiger partial charge in [-0.15, -0.1) is 0 Å². The fourth-order valence-electron chi connectivity index (χ4n) is 2.78. The van der Waals surface area contributed by atoms with Crippen LogP contribution in [0.25, 0.3) is 10.9 Å². The summed E-state index contributed by atoms with van der Waals surface area (Å²) in [6, 6.07) is 3.85. The molecular weight excluding hydrogens is 242 g/mol. The molecule has 1 aromatic heterocycles. The molecule has 0 bridgehead atoms. The molecule has 0 aliphatic heterocycles. The van der Waals surface area contributed by atoms with Gasteiger partial charge in [0.1, 0.15) is 11.4 Å². The Kier molecular flexibility index (Phi) is 3.27. The minimum absolute atomic E-state index is 0.140. The number of carboxylic acid groups (broad SMARTS) is 1. The molecule has 0 unspecified atom stereocenters. The highest BCUT2D eigenvalue weighted by atomic mass is 16.5.